The fourth-order valence-corrected chi connectivity index (χ4v) is 9.91. The normalized spacial score (nSPS) is 14.4. The number of likely N-dealkylation sites (tertiary alicyclic amines) is 1. The molecule has 2 N–H and O–H groups in total. The van der Waals surface area contributed by atoms with Crippen molar-refractivity contribution in [2.75, 3.05) is 25.4 Å². The van der Waals surface area contributed by atoms with Gasteiger partial charge in [-0.1, -0.05) is 12.1 Å². The third-order valence-corrected chi connectivity index (χ3v) is 12.3. The standard InChI is InChI=1S/C19H20BrN3O2S2.C10H17NO3.C9H5BrN2S/c1-19(2,3)25-18(24)23-8-7-10-13(9-23)26-16(21)14(10)17-22-15-11(20)5-4-6-12(15)27-17;1-10(2,3)14-9(13)11-6-4-8(12)5-7-11;10-6-2-1-3-7-9(6)12-8(13-7)4-5-11/h4-6H,7-9,21H2,1-3H3;4-7H2,1-3H3;1-3H,4H2. The molecule has 54 heavy (non-hydrogen) atoms. The summed E-state index contributed by atoms with van der Waals surface area (Å²) in [5.41, 5.74) is 9.59. The number of nitriles is 1. The number of nitrogens with zero attached hydrogens (tertiary/aromatic N) is 5. The number of rotatable bonds is 2. The van der Waals surface area contributed by atoms with Crippen molar-refractivity contribution < 1.29 is 23.9 Å². The molecule has 5 aromatic rings. The van der Waals surface area contributed by atoms with Crippen LogP contribution in [0.3, 0.4) is 0 Å². The number of piperidine rings is 1. The maximum Gasteiger partial charge on any atom is 0.410 e. The number of anilines is 1. The Bertz CT molecular complexity index is 2200. The number of ether oxygens (including phenoxy) is 2. The summed E-state index contributed by atoms with van der Waals surface area (Å²) in [4.78, 5) is 48.5. The van der Waals surface area contributed by atoms with Crippen molar-refractivity contribution in [1.82, 2.24) is 19.8 Å². The number of carbonyl (C=O) groups excluding carboxylic acids is 3. The van der Waals surface area contributed by atoms with Gasteiger partial charge in [-0.3, -0.25) is 4.79 Å². The molecule has 2 aromatic carbocycles. The molecule has 0 spiro atoms. The Kier molecular flexibility index (Phi) is 13.4. The van der Waals surface area contributed by atoms with Gasteiger partial charge in [0.15, 0.2) is 0 Å². The van der Waals surface area contributed by atoms with Gasteiger partial charge in [0.25, 0.3) is 0 Å². The third kappa shape index (κ3) is 10.8. The Morgan fingerprint density at radius 3 is 1.91 bits per heavy atom. The SMILES string of the molecule is CC(C)(C)OC(=O)N1CCC(=O)CC1.CC(C)(C)OC(=O)N1CCc2c(sc(N)c2-c2nc3c(Br)cccc3s2)C1.N#CCc1nc2c(Br)cccc2s1. The minimum atomic E-state index is -0.495. The van der Waals surface area contributed by atoms with E-state index >= 15 is 0 Å². The minimum Gasteiger partial charge on any atom is -0.444 e. The van der Waals surface area contributed by atoms with Crippen molar-refractivity contribution in [2.45, 2.75) is 85.0 Å². The Labute approximate surface area is 343 Å². The summed E-state index contributed by atoms with van der Waals surface area (Å²) < 4.78 is 14.9. The number of halogens is 2. The van der Waals surface area contributed by atoms with E-state index in [0.717, 1.165) is 61.3 Å². The molecule has 286 valence electrons. The lowest BCUT2D eigenvalue weighted by molar-refractivity contribution is -0.121. The molecule has 1 saturated heterocycles. The van der Waals surface area contributed by atoms with Crippen LogP contribution >= 0.6 is 65.9 Å². The molecule has 16 heteroatoms. The Morgan fingerprint density at radius 2 is 1.37 bits per heavy atom. The first-order valence-corrected chi connectivity index (χ1v) is 21.3. The minimum absolute atomic E-state index is 0.227. The molecule has 2 amide bonds. The van der Waals surface area contributed by atoms with Crippen molar-refractivity contribution in [2.24, 2.45) is 0 Å². The fraction of sp³-hybridized carbons (Fsp3) is 0.421. The van der Waals surface area contributed by atoms with Crippen LogP contribution in [0.5, 0.6) is 0 Å². The van der Waals surface area contributed by atoms with Gasteiger partial charge in [-0.15, -0.1) is 34.0 Å². The number of ketones is 1. The fourth-order valence-electron chi connectivity index (χ4n) is 5.53. The first kappa shape index (κ1) is 41.5. The van der Waals surface area contributed by atoms with Crippen LogP contribution in [0.15, 0.2) is 45.3 Å². The van der Waals surface area contributed by atoms with Crippen molar-refractivity contribution >= 4 is 109 Å². The van der Waals surface area contributed by atoms with Gasteiger partial charge in [0.2, 0.25) is 0 Å². The Balaban J connectivity index is 0.000000174. The van der Waals surface area contributed by atoms with Gasteiger partial charge >= 0.3 is 12.2 Å². The van der Waals surface area contributed by atoms with Gasteiger partial charge in [0.1, 0.15) is 27.0 Å². The predicted octanol–water partition coefficient (Wildman–Crippen LogP) is 10.4. The average molecular weight is 919 g/mol. The number of thiophene rings is 1. The maximum atomic E-state index is 12.4. The first-order valence-electron chi connectivity index (χ1n) is 17.3. The number of nitrogens with two attached hydrogens (primary N) is 1. The maximum absolute atomic E-state index is 12.4. The van der Waals surface area contributed by atoms with Gasteiger partial charge in [0, 0.05) is 51.9 Å². The zero-order valence-corrected chi connectivity index (χ0v) is 36.6. The van der Waals surface area contributed by atoms with Gasteiger partial charge in [-0.05, 0) is 110 Å². The number of carbonyl (C=O) groups is 3. The molecule has 2 aliphatic heterocycles. The van der Waals surface area contributed by atoms with E-state index in [9.17, 15) is 14.4 Å². The third-order valence-electron chi connectivity index (χ3n) is 7.94. The highest BCUT2D eigenvalue weighted by Crippen LogP contribution is 2.45. The smallest absolute Gasteiger partial charge is 0.410 e. The molecule has 0 bridgehead atoms. The second-order valence-corrected chi connectivity index (χ2v) is 19.5. The zero-order chi connectivity index (χ0) is 39.4. The lowest BCUT2D eigenvalue weighted by Crippen LogP contribution is -2.41. The molecular formula is C38H42Br2N6O5S3. The summed E-state index contributed by atoms with van der Waals surface area (Å²) in [5.74, 6) is 0.227. The molecule has 7 rings (SSSR count). The second-order valence-electron chi connectivity index (χ2n) is 14.5. The number of aromatic nitrogens is 2. The van der Waals surface area contributed by atoms with Gasteiger partial charge in [0.05, 0.1) is 44.5 Å². The molecule has 0 aliphatic carbocycles. The molecule has 1 fully saturated rings. The predicted molar refractivity (Wildman–Crippen MR) is 224 cm³/mol. The molecule has 2 aliphatic rings. The van der Waals surface area contributed by atoms with E-state index in [0.29, 0.717) is 45.4 Å². The second kappa shape index (κ2) is 17.5. The van der Waals surface area contributed by atoms with Gasteiger partial charge in [-0.25, -0.2) is 19.6 Å². The van der Waals surface area contributed by atoms with Crippen LogP contribution in [0.4, 0.5) is 14.6 Å². The lowest BCUT2D eigenvalue weighted by atomic mass is 10.0. The summed E-state index contributed by atoms with van der Waals surface area (Å²) in [5, 5.41) is 11.1. The van der Waals surface area contributed by atoms with E-state index in [1.807, 2.05) is 71.9 Å². The Morgan fingerprint density at radius 1 is 0.833 bits per heavy atom. The summed E-state index contributed by atoms with van der Waals surface area (Å²) in [6.45, 7) is 13.3. The van der Waals surface area contributed by atoms with Crippen molar-refractivity contribution in [3.63, 3.8) is 0 Å². The monoisotopic (exact) mass is 916 g/mol. The number of benzene rings is 2. The molecule has 0 saturated carbocycles. The molecule has 0 unspecified atom stereocenters. The highest BCUT2D eigenvalue weighted by molar-refractivity contribution is 9.11. The van der Waals surface area contributed by atoms with Crippen molar-refractivity contribution in [1.29, 1.82) is 5.26 Å². The molecule has 3 aromatic heterocycles. The quantitative estimate of drug-likeness (QED) is 0.182. The lowest BCUT2D eigenvalue weighted by Gasteiger charge is -2.30. The van der Waals surface area contributed by atoms with Crippen molar-refractivity contribution in [3.05, 3.63) is 60.8 Å². The highest BCUT2D eigenvalue weighted by atomic mass is 79.9. The molecule has 0 atom stereocenters. The van der Waals surface area contributed by atoms with Crippen LogP contribution in [0, 0.1) is 11.3 Å². The molecular weight excluding hydrogens is 876 g/mol. The molecule has 11 nitrogen and oxygen atoms in total. The number of hydrogen-bond donors (Lipinski definition) is 1. The van der Waals surface area contributed by atoms with Crippen LogP contribution in [0.25, 0.3) is 31.0 Å². The van der Waals surface area contributed by atoms with E-state index < -0.39 is 11.2 Å². The van der Waals surface area contributed by atoms with E-state index in [4.69, 9.17) is 25.5 Å². The van der Waals surface area contributed by atoms with Gasteiger partial charge in [-0.2, -0.15) is 5.26 Å². The zero-order valence-electron chi connectivity index (χ0n) is 31.0. The number of thiazole rings is 2. The van der Waals surface area contributed by atoms with E-state index in [1.54, 1.807) is 43.8 Å². The van der Waals surface area contributed by atoms with Crippen LogP contribution in [0.1, 0.15) is 69.8 Å². The van der Waals surface area contributed by atoms with Crippen molar-refractivity contribution in [3.8, 4) is 16.6 Å². The van der Waals surface area contributed by atoms with Crippen LogP contribution in [-0.4, -0.2) is 68.6 Å². The summed E-state index contributed by atoms with van der Waals surface area (Å²) >= 11 is 11.8. The number of para-hydroxylation sites is 2. The number of hydrogen-bond acceptors (Lipinski definition) is 12. The average Bonchev–Trinajstić information content (AvgIpc) is 3.79. The van der Waals surface area contributed by atoms with Gasteiger partial charge < -0.3 is 25.0 Å². The van der Waals surface area contributed by atoms with Crippen LogP contribution < -0.4 is 5.73 Å². The number of Topliss-reactive ketones (excluding diaryl/α,β-unsaturated/α-hetero) is 1. The van der Waals surface area contributed by atoms with E-state index in [-0.39, 0.29) is 18.0 Å². The van der Waals surface area contributed by atoms with Crippen LogP contribution in [-0.2, 0) is 33.7 Å². The summed E-state index contributed by atoms with van der Waals surface area (Å²) in [6, 6.07) is 14.1. The summed E-state index contributed by atoms with van der Waals surface area (Å²) in [7, 11) is 0. The molecule has 0 radical (unpaired) electrons. The summed E-state index contributed by atoms with van der Waals surface area (Å²) in [6.07, 6.45) is 1.48. The number of nitrogen functional groups attached to an aromatic ring is 1. The number of amides is 2. The van der Waals surface area contributed by atoms with Crippen LogP contribution in [0.2, 0.25) is 0 Å². The molecule has 5 heterocycles. The first-order chi connectivity index (χ1) is 25.4. The number of fused-ring (bicyclic) bond motifs is 3. The van der Waals surface area contributed by atoms with E-state index in [1.165, 1.54) is 5.56 Å². The topological polar surface area (TPSA) is 152 Å². The highest BCUT2D eigenvalue weighted by Gasteiger charge is 2.31. The van der Waals surface area contributed by atoms with E-state index in [2.05, 4.69) is 49.0 Å². The largest absolute Gasteiger partial charge is 0.444 e. The Hall–Kier alpha value is -3.62.